The number of rotatable bonds is 7. The van der Waals surface area contributed by atoms with Gasteiger partial charge in [-0.1, -0.05) is 18.2 Å². The minimum atomic E-state index is -0.811. The Hall–Kier alpha value is -2.80. The summed E-state index contributed by atoms with van der Waals surface area (Å²) in [6, 6.07) is 7.89. The molecule has 1 atom stereocenters. The molecule has 0 aliphatic heterocycles. The molecule has 25 heavy (non-hydrogen) atoms. The number of methoxy groups -OCH3 is 1. The Bertz CT molecular complexity index is 794. The van der Waals surface area contributed by atoms with Crippen LogP contribution in [0.5, 0.6) is 11.5 Å². The molecule has 0 spiro atoms. The molecule has 1 aromatic heterocycles. The minimum absolute atomic E-state index is 0.0124. The average Bonchev–Trinajstić information content (AvgIpc) is 2.62. The highest BCUT2D eigenvalue weighted by Gasteiger charge is 2.28. The second-order valence-electron chi connectivity index (χ2n) is 5.25. The van der Waals surface area contributed by atoms with Crippen LogP contribution in [0.3, 0.4) is 0 Å². The highest BCUT2D eigenvalue weighted by Crippen LogP contribution is 2.37. The lowest BCUT2D eigenvalue weighted by Crippen LogP contribution is -2.15. The van der Waals surface area contributed by atoms with Crippen molar-refractivity contribution in [1.82, 2.24) is 0 Å². The first-order chi connectivity index (χ1) is 12.0. The van der Waals surface area contributed by atoms with Gasteiger partial charge >= 0.3 is 5.97 Å². The van der Waals surface area contributed by atoms with E-state index in [1.54, 1.807) is 31.2 Å². The number of aliphatic hydroxyl groups is 1. The topological polar surface area (TPSA) is 106 Å². The van der Waals surface area contributed by atoms with E-state index in [9.17, 15) is 19.8 Å². The number of hydrogen-bond donors (Lipinski definition) is 2. The van der Waals surface area contributed by atoms with Crippen LogP contribution in [0.15, 0.2) is 39.5 Å². The Morgan fingerprint density at radius 3 is 2.68 bits per heavy atom. The molecular formula is C18H20O7. The molecule has 1 heterocycles. The third-order valence-corrected chi connectivity index (χ3v) is 3.66. The quantitative estimate of drug-likeness (QED) is 0.736. The molecule has 0 aliphatic rings. The molecule has 2 N–H and O–H groups in total. The molecule has 2 aromatic rings. The first-order valence-corrected chi connectivity index (χ1v) is 7.77. The number of hydrogen-bond acceptors (Lipinski definition) is 7. The van der Waals surface area contributed by atoms with Crippen molar-refractivity contribution in [3.8, 4) is 11.5 Å². The van der Waals surface area contributed by atoms with Crippen molar-refractivity contribution >= 4 is 5.97 Å². The lowest BCUT2D eigenvalue weighted by atomic mass is 9.91. The smallest absolute Gasteiger partial charge is 0.306 e. The summed E-state index contributed by atoms with van der Waals surface area (Å²) in [5, 5.41) is 19.4. The number of benzene rings is 1. The van der Waals surface area contributed by atoms with E-state index in [0.29, 0.717) is 11.3 Å². The van der Waals surface area contributed by atoms with Crippen molar-refractivity contribution in [2.75, 3.05) is 13.7 Å². The SMILES string of the molecule is CCOC(=O)C[C@@H](c1ccccc1OC)c1oc(CO)cc(=O)c1O. The third-order valence-electron chi connectivity index (χ3n) is 3.66. The van der Waals surface area contributed by atoms with Crippen LogP contribution >= 0.6 is 0 Å². The molecule has 0 saturated heterocycles. The van der Waals surface area contributed by atoms with Crippen molar-refractivity contribution < 1.29 is 28.9 Å². The van der Waals surface area contributed by atoms with Gasteiger partial charge in [0.1, 0.15) is 18.1 Å². The van der Waals surface area contributed by atoms with Gasteiger partial charge in [0.25, 0.3) is 0 Å². The predicted octanol–water partition coefficient (Wildman–Crippen LogP) is 1.93. The van der Waals surface area contributed by atoms with Crippen LogP contribution in [-0.2, 0) is 16.1 Å². The average molecular weight is 348 g/mol. The van der Waals surface area contributed by atoms with Gasteiger partial charge < -0.3 is 24.1 Å². The summed E-state index contributed by atoms with van der Waals surface area (Å²) >= 11 is 0. The summed E-state index contributed by atoms with van der Waals surface area (Å²) in [7, 11) is 1.47. The third kappa shape index (κ3) is 4.19. The zero-order valence-corrected chi connectivity index (χ0v) is 14.0. The van der Waals surface area contributed by atoms with E-state index in [0.717, 1.165) is 6.07 Å². The number of para-hydroxylation sites is 1. The normalized spacial score (nSPS) is 11.8. The minimum Gasteiger partial charge on any atom is -0.502 e. The summed E-state index contributed by atoms with van der Waals surface area (Å²) in [4.78, 5) is 24.0. The number of carbonyl (C=O) groups excluding carboxylic acids is 1. The highest BCUT2D eigenvalue weighted by atomic mass is 16.5. The Morgan fingerprint density at radius 2 is 2.04 bits per heavy atom. The maximum Gasteiger partial charge on any atom is 0.306 e. The molecular weight excluding hydrogens is 328 g/mol. The fourth-order valence-corrected chi connectivity index (χ4v) is 2.55. The number of ether oxygens (including phenoxy) is 2. The summed E-state index contributed by atoms with van der Waals surface area (Å²) in [6.45, 7) is 1.37. The molecule has 7 heteroatoms. The van der Waals surface area contributed by atoms with Crippen molar-refractivity contribution in [3.63, 3.8) is 0 Å². The highest BCUT2D eigenvalue weighted by molar-refractivity contribution is 5.71. The Kier molecular flexibility index (Phi) is 6.19. The number of esters is 1. The van der Waals surface area contributed by atoms with Gasteiger partial charge in [0.15, 0.2) is 5.76 Å². The lowest BCUT2D eigenvalue weighted by molar-refractivity contribution is -0.143. The van der Waals surface area contributed by atoms with Crippen molar-refractivity contribution in [1.29, 1.82) is 0 Å². The van der Waals surface area contributed by atoms with Gasteiger partial charge in [-0.15, -0.1) is 0 Å². The van der Waals surface area contributed by atoms with E-state index in [4.69, 9.17) is 13.9 Å². The first kappa shape index (κ1) is 18.5. The van der Waals surface area contributed by atoms with Gasteiger partial charge in [-0.25, -0.2) is 0 Å². The molecule has 2 rings (SSSR count). The Balaban J connectivity index is 2.61. The van der Waals surface area contributed by atoms with Crippen LogP contribution < -0.4 is 10.2 Å². The summed E-state index contributed by atoms with van der Waals surface area (Å²) in [5.41, 5.74) is -0.152. The van der Waals surface area contributed by atoms with E-state index in [-0.39, 0.29) is 24.5 Å². The maximum absolute atomic E-state index is 12.0. The molecule has 134 valence electrons. The van der Waals surface area contributed by atoms with E-state index in [1.165, 1.54) is 7.11 Å². The fraction of sp³-hybridized carbons (Fsp3) is 0.333. The molecule has 0 fully saturated rings. The standard InChI is InChI=1S/C18H20O7/c1-3-24-16(21)9-13(12-6-4-5-7-15(12)23-2)18-17(22)14(20)8-11(10-19)25-18/h4-8,13,19,22H,3,9-10H2,1-2H3/t13-/m0/s1. The van der Waals surface area contributed by atoms with Crippen LogP contribution in [0, 0.1) is 0 Å². The van der Waals surface area contributed by atoms with Crippen molar-refractivity contribution in [3.05, 3.63) is 57.6 Å². The number of aromatic hydroxyl groups is 1. The van der Waals surface area contributed by atoms with Crippen LogP contribution in [0.25, 0.3) is 0 Å². The van der Waals surface area contributed by atoms with Crippen LogP contribution in [0.4, 0.5) is 0 Å². The summed E-state index contributed by atoms with van der Waals surface area (Å²) < 4.78 is 15.8. The van der Waals surface area contributed by atoms with Gasteiger partial charge in [0, 0.05) is 11.6 Å². The fourth-order valence-electron chi connectivity index (χ4n) is 2.55. The molecule has 0 amide bonds. The second-order valence-corrected chi connectivity index (χ2v) is 5.25. The van der Waals surface area contributed by atoms with E-state index < -0.39 is 29.7 Å². The van der Waals surface area contributed by atoms with Gasteiger partial charge in [0.05, 0.1) is 26.1 Å². The second kappa shape index (κ2) is 8.34. The Morgan fingerprint density at radius 1 is 1.32 bits per heavy atom. The van der Waals surface area contributed by atoms with E-state index in [2.05, 4.69) is 0 Å². The maximum atomic E-state index is 12.0. The van der Waals surface area contributed by atoms with Crippen molar-refractivity contribution in [2.24, 2.45) is 0 Å². The molecule has 0 aliphatic carbocycles. The zero-order chi connectivity index (χ0) is 18.4. The van der Waals surface area contributed by atoms with Gasteiger partial charge in [-0.05, 0) is 13.0 Å². The Labute approximate surface area is 144 Å². The van der Waals surface area contributed by atoms with Crippen LogP contribution in [0.1, 0.15) is 36.3 Å². The number of aliphatic hydroxyl groups excluding tert-OH is 1. The van der Waals surface area contributed by atoms with Crippen molar-refractivity contribution in [2.45, 2.75) is 25.9 Å². The van der Waals surface area contributed by atoms with Crippen LogP contribution in [0.2, 0.25) is 0 Å². The largest absolute Gasteiger partial charge is 0.502 e. The molecule has 0 bridgehead atoms. The number of carbonyl (C=O) groups is 1. The monoisotopic (exact) mass is 348 g/mol. The van der Waals surface area contributed by atoms with Gasteiger partial charge in [0.2, 0.25) is 11.2 Å². The van der Waals surface area contributed by atoms with E-state index >= 15 is 0 Å². The molecule has 0 radical (unpaired) electrons. The van der Waals surface area contributed by atoms with Gasteiger partial charge in [-0.3, -0.25) is 9.59 Å². The molecule has 1 aromatic carbocycles. The first-order valence-electron chi connectivity index (χ1n) is 7.77. The van der Waals surface area contributed by atoms with Crippen LogP contribution in [-0.4, -0.2) is 29.9 Å². The van der Waals surface area contributed by atoms with E-state index in [1.807, 2.05) is 0 Å². The molecule has 0 saturated carbocycles. The summed E-state index contributed by atoms with van der Waals surface area (Å²) in [6.07, 6.45) is -0.167. The zero-order valence-electron chi connectivity index (χ0n) is 14.0. The molecule has 0 unspecified atom stereocenters. The van der Waals surface area contributed by atoms with Gasteiger partial charge in [-0.2, -0.15) is 0 Å². The lowest BCUT2D eigenvalue weighted by Gasteiger charge is -2.19. The summed E-state index contributed by atoms with van der Waals surface area (Å²) in [5.74, 6) is -1.61. The molecule has 7 nitrogen and oxygen atoms in total. The predicted molar refractivity (Wildman–Crippen MR) is 88.7 cm³/mol.